The summed E-state index contributed by atoms with van der Waals surface area (Å²) in [5.74, 6) is -4.70. The van der Waals surface area contributed by atoms with Crippen LogP contribution in [0.2, 0.25) is 0 Å². The number of benzene rings is 2. The molecule has 0 spiro atoms. The molecule has 0 radical (unpaired) electrons. The molecule has 6 amide bonds. The number of esters is 1. The van der Waals surface area contributed by atoms with Gasteiger partial charge in [-0.25, -0.2) is 4.90 Å². The number of carbonyl (C=O) groups excluding carboxylic acids is 7. The molecule has 3 rings (SSSR count). The average Bonchev–Trinajstić information content (AvgIpc) is 3.27. The Bertz CT molecular complexity index is 1380. The van der Waals surface area contributed by atoms with Crippen molar-refractivity contribution in [1.29, 1.82) is 0 Å². The highest BCUT2D eigenvalue weighted by atomic mass is 16.5. The van der Waals surface area contributed by atoms with Gasteiger partial charge in [-0.15, -0.1) is 0 Å². The van der Waals surface area contributed by atoms with Gasteiger partial charge in [0.05, 0.1) is 0 Å². The van der Waals surface area contributed by atoms with Crippen molar-refractivity contribution in [3.63, 3.8) is 0 Å². The normalized spacial score (nSPS) is 13.9. The Kier molecular flexibility index (Phi) is 9.86. The summed E-state index contributed by atoms with van der Waals surface area (Å²) in [6.45, 7) is 6.38. The van der Waals surface area contributed by atoms with Crippen LogP contribution in [0.4, 0.5) is 5.69 Å². The van der Waals surface area contributed by atoms with Crippen molar-refractivity contribution in [1.82, 2.24) is 15.5 Å². The number of imide groups is 3. The van der Waals surface area contributed by atoms with Crippen LogP contribution < -0.4 is 16.0 Å². The Morgan fingerprint density at radius 2 is 1.34 bits per heavy atom. The van der Waals surface area contributed by atoms with E-state index in [0.29, 0.717) is 10.6 Å². The third-order valence-electron chi connectivity index (χ3n) is 6.06. The summed E-state index contributed by atoms with van der Waals surface area (Å²) in [5, 5.41) is 7.93. The van der Waals surface area contributed by atoms with E-state index in [0.717, 1.165) is 17.7 Å². The van der Waals surface area contributed by atoms with Crippen LogP contribution in [-0.2, 0) is 35.3 Å². The monoisotopic (exact) mass is 562 g/mol. The largest absolute Gasteiger partial charge is 0.461 e. The van der Waals surface area contributed by atoms with E-state index >= 15 is 0 Å². The van der Waals surface area contributed by atoms with Gasteiger partial charge in [0.25, 0.3) is 23.6 Å². The quantitative estimate of drug-likeness (QED) is 0.291. The second kappa shape index (κ2) is 13.3. The molecule has 2 aromatic carbocycles. The van der Waals surface area contributed by atoms with Crippen molar-refractivity contribution in [2.45, 2.75) is 46.4 Å². The smallest absolute Gasteiger partial charge is 0.302 e. The maximum atomic E-state index is 13.0. The SMILES string of the molecule is CC(=O)OCc1ccc(NC(=O)[C@H](C)NC(=O)[C@@H](NC(=O)c2ccc(C(=O)N3C(=O)C=CC3=O)cc2)C(C)C)cc1. The lowest BCUT2D eigenvalue weighted by Crippen LogP contribution is -2.53. The van der Waals surface area contributed by atoms with Gasteiger partial charge in [0, 0.05) is 35.9 Å². The van der Waals surface area contributed by atoms with E-state index in [1.165, 1.54) is 38.1 Å². The summed E-state index contributed by atoms with van der Waals surface area (Å²) in [5.41, 5.74) is 1.39. The molecule has 0 saturated heterocycles. The fourth-order valence-electron chi connectivity index (χ4n) is 3.74. The summed E-state index contributed by atoms with van der Waals surface area (Å²) in [6.07, 6.45) is 1.99. The molecule has 214 valence electrons. The third kappa shape index (κ3) is 7.94. The van der Waals surface area contributed by atoms with E-state index in [1.807, 2.05) is 0 Å². The van der Waals surface area contributed by atoms with E-state index in [9.17, 15) is 33.6 Å². The summed E-state index contributed by atoms with van der Waals surface area (Å²) in [4.78, 5) is 85.9. The van der Waals surface area contributed by atoms with Crippen LogP contribution in [0.15, 0.2) is 60.7 Å². The van der Waals surface area contributed by atoms with Gasteiger partial charge in [-0.2, -0.15) is 0 Å². The number of hydrogen-bond acceptors (Lipinski definition) is 8. The Labute approximate surface area is 236 Å². The van der Waals surface area contributed by atoms with E-state index in [-0.39, 0.29) is 23.7 Å². The highest BCUT2D eigenvalue weighted by Crippen LogP contribution is 2.14. The highest BCUT2D eigenvalue weighted by Gasteiger charge is 2.31. The zero-order valence-corrected chi connectivity index (χ0v) is 22.9. The fraction of sp³-hybridized carbons (Fsp3) is 0.276. The summed E-state index contributed by atoms with van der Waals surface area (Å²) < 4.78 is 4.93. The van der Waals surface area contributed by atoms with E-state index in [2.05, 4.69) is 16.0 Å². The Balaban J connectivity index is 1.57. The van der Waals surface area contributed by atoms with Crippen molar-refractivity contribution >= 4 is 47.1 Å². The van der Waals surface area contributed by atoms with Gasteiger partial charge in [0.2, 0.25) is 11.8 Å². The van der Waals surface area contributed by atoms with Crippen LogP contribution in [0, 0.1) is 5.92 Å². The number of hydrogen-bond donors (Lipinski definition) is 3. The van der Waals surface area contributed by atoms with Crippen molar-refractivity contribution in [3.05, 3.63) is 77.4 Å². The molecular formula is C29H30N4O8. The number of nitrogens with one attached hydrogen (secondary N) is 3. The van der Waals surface area contributed by atoms with Gasteiger partial charge in [-0.1, -0.05) is 26.0 Å². The lowest BCUT2D eigenvalue weighted by Gasteiger charge is -2.24. The minimum Gasteiger partial charge on any atom is -0.461 e. The van der Waals surface area contributed by atoms with Gasteiger partial charge in [-0.05, 0) is 54.8 Å². The molecule has 0 aromatic heterocycles. The van der Waals surface area contributed by atoms with Crippen LogP contribution in [0.25, 0.3) is 0 Å². The van der Waals surface area contributed by atoms with Gasteiger partial charge in [0.1, 0.15) is 18.7 Å². The Morgan fingerprint density at radius 3 is 1.88 bits per heavy atom. The minimum atomic E-state index is -0.981. The summed E-state index contributed by atoms with van der Waals surface area (Å²) in [6, 6.07) is 10.0. The molecule has 12 nitrogen and oxygen atoms in total. The topological polar surface area (TPSA) is 168 Å². The number of amides is 6. The van der Waals surface area contributed by atoms with Crippen LogP contribution >= 0.6 is 0 Å². The van der Waals surface area contributed by atoms with Crippen LogP contribution in [0.5, 0.6) is 0 Å². The highest BCUT2D eigenvalue weighted by molar-refractivity contribution is 6.25. The van der Waals surface area contributed by atoms with Crippen LogP contribution in [0.1, 0.15) is 54.0 Å². The molecule has 0 saturated carbocycles. The van der Waals surface area contributed by atoms with E-state index in [1.54, 1.807) is 38.1 Å². The van der Waals surface area contributed by atoms with E-state index < -0.39 is 53.5 Å². The minimum absolute atomic E-state index is 0.0315. The molecule has 2 atom stereocenters. The van der Waals surface area contributed by atoms with E-state index in [4.69, 9.17) is 4.74 Å². The Hall–Kier alpha value is -5.13. The first-order valence-corrected chi connectivity index (χ1v) is 12.7. The molecule has 2 aromatic rings. The number of anilines is 1. The molecule has 1 aliphatic heterocycles. The molecule has 1 aliphatic rings. The van der Waals surface area contributed by atoms with Crippen molar-refractivity contribution in [2.24, 2.45) is 5.92 Å². The maximum absolute atomic E-state index is 13.0. The predicted octanol–water partition coefficient (Wildman–Crippen LogP) is 1.71. The summed E-state index contributed by atoms with van der Waals surface area (Å²) in [7, 11) is 0. The fourth-order valence-corrected chi connectivity index (χ4v) is 3.74. The molecule has 1 heterocycles. The lowest BCUT2D eigenvalue weighted by atomic mass is 10.0. The standard InChI is InChI=1S/C29H30N4O8/c1-16(2)25(28(39)30-17(3)26(37)31-22-11-5-19(6-12-22)15-41-18(4)34)32-27(38)20-7-9-21(10-8-20)29(40)33-23(35)13-14-24(33)36/h5-14,16-17,25H,15H2,1-4H3,(H,30,39)(H,31,37)(H,32,38)/t17-,25-/m0/s1. The Morgan fingerprint density at radius 1 is 0.780 bits per heavy atom. The van der Waals surface area contributed by atoms with Crippen LogP contribution in [0.3, 0.4) is 0 Å². The average molecular weight is 563 g/mol. The molecule has 0 bridgehead atoms. The first kappa shape index (κ1) is 30.4. The maximum Gasteiger partial charge on any atom is 0.302 e. The molecule has 12 heteroatoms. The van der Waals surface area contributed by atoms with Crippen molar-refractivity contribution < 1.29 is 38.3 Å². The molecule has 0 unspecified atom stereocenters. The summed E-state index contributed by atoms with van der Waals surface area (Å²) >= 11 is 0. The van der Waals surface area contributed by atoms with Crippen LogP contribution in [-0.4, -0.2) is 58.4 Å². The first-order valence-electron chi connectivity index (χ1n) is 12.7. The molecule has 0 aliphatic carbocycles. The number of carbonyl (C=O) groups is 7. The molecule has 41 heavy (non-hydrogen) atoms. The molecular weight excluding hydrogens is 532 g/mol. The number of rotatable bonds is 10. The van der Waals surface area contributed by atoms with Gasteiger partial charge < -0.3 is 20.7 Å². The first-order chi connectivity index (χ1) is 19.4. The van der Waals surface area contributed by atoms with Gasteiger partial charge >= 0.3 is 5.97 Å². The second-order valence-corrected chi connectivity index (χ2v) is 9.62. The lowest BCUT2D eigenvalue weighted by molar-refractivity contribution is -0.142. The van der Waals surface area contributed by atoms with Gasteiger partial charge in [0.15, 0.2) is 0 Å². The van der Waals surface area contributed by atoms with Crippen molar-refractivity contribution in [2.75, 3.05) is 5.32 Å². The van der Waals surface area contributed by atoms with Crippen molar-refractivity contribution in [3.8, 4) is 0 Å². The number of ether oxygens (including phenoxy) is 1. The third-order valence-corrected chi connectivity index (χ3v) is 6.06. The zero-order valence-electron chi connectivity index (χ0n) is 22.9. The second-order valence-electron chi connectivity index (χ2n) is 9.62. The molecule has 0 fully saturated rings. The number of nitrogens with zero attached hydrogens (tertiary/aromatic N) is 1. The zero-order chi connectivity index (χ0) is 30.3. The molecule has 3 N–H and O–H groups in total. The van der Waals surface area contributed by atoms with Gasteiger partial charge in [-0.3, -0.25) is 33.6 Å². The predicted molar refractivity (Wildman–Crippen MR) is 146 cm³/mol.